The van der Waals surface area contributed by atoms with Crippen LogP contribution in [0.5, 0.6) is 0 Å². The molecule has 1 radical (unpaired) electrons. The van der Waals surface area contributed by atoms with Gasteiger partial charge in [-0.2, -0.15) is 0 Å². The second-order valence-electron chi connectivity index (χ2n) is 6.01. The number of carboxylic acid groups (broad SMARTS) is 2. The average molecular weight is 363 g/mol. The second kappa shape index (κ2) is 7.61. The Kier molecular flexibility index (Phi) is 5.25. The fourth-order valence-electron chi connectivity index (χ4n) is 3.12. The number of aliphatic hydroxyl groups is 2. The molecule has 2 aromatic rings. The molecule has 0 saturated carbocycles. The van der Waals surface area contributed by atoms with Crippen LogP contribution in [0.1, 0.15) is 34.5 Å². The first-order valence-electron chi connectivity index (χ1n) is 8.18. The van der Waals surface area contributed by atoms with Crippen LogP contribution in [0.15, 0.2) is 60.6 Å². The van der Waals surface area contributed by atoms with Gasteiger partial charge in [0.25, 0.3) is 0 Å². The van der Waals surface area contributed by atoms with Gasteiger partial charge in [0.15, 0.2) is 19.5 Å². The fourth-order valence-corrected chi connectivity index (χ4v) is 3.12. The van der Waals surface area contributed by atoms with Gasteiger partial charge >= 0.3 is 11.9 Å². The Balaban J connectivity index is 2.19. The molecule has 0 amide bonds. The summed E-state index contributed by atoms with van der Waals surface area (Å²) in [6.45, 7) is 0. The molecular formula is C20H16BO6. The summed E-state index contributed by atoms with van der Waals surface area (Å²) in [4.78, 5) is 22.5. The minimum atomic E-state index is -1.69. The van der Waals surface area contributed by atoms with Crippen molar-refractivity contribution in [2.24, 2.45) is 0 Å². The molecule has 1 aliphatic rings. The number of hydrogen-bond donors (Lipinski definition) is 4. The molecule has 0 spiro atoms. The lowest BCUT2D eigenvalue weighted by molar-refractivity contribution is -0.147. The average Bonchev–Trinajstić information content (AvgIpc) is 3.16. The lowest BCUT2D eigenvalue weighted by Crippen LogP contribution is -2.14. The minimum absolute atomic E-state index is 0.230. The number of carboxylic acids is 2. The zero-order chi connectivity index (χ0) is 19.6. The van der Waals surface area contributed by atoms with E-state index in [1.165, 1.54) is 12.1 Å². The molecule has 27 heavy (non-hydrogen) atoms. The van der Waals surface area contributed by atoms with Gasteiger partial charge in [0.2, 0.25) is 0 Å². The van der Waals surface area contributed by atoms with Gasteiger partial charge in [-0.25, -0.2) is 9.59 Å². The Morgan fingerprint density at radius 3 is 1.81 bits per heavy atom. The standard InChI is InChI=1S/C20H16BO6/c22-17(19(24)25)14-7-3-1-5-11(14)13-9-10-21-16(13)12-6-2-4-8-15(12)18(23)20(26)27/h1-10,17-18,22-23H,(H,24,25)(H,26,27). The largest absolute Gasteiger partial charge is 0.479 e. The molecule has 2 atom stereocenters. The molecule has 4 N–H and O–H groups in total. The van der Waals surface area contributed by atoms with Gasteiger partial charge in [-0.1, -0.05) is 60.1 Å². The highest BCUT2D eigenvalue weighted by molar-refractivity contribution is 6.70. The van der Waals surface area contributed by atoms with E-state index in [1.807, 2.05) is 0 Å². The maximum Gasteiger partial charge on any atom is 0.337 e. The van der Waals surface area contributed by atoms with Crippen molar-refractivity contribution < 1.29 is 30.0 Å². The number of rotatable bonds is 6. The molecule has 135 valence electrons. The van der Waals surface area contributed by atoms with Crippen molar-refractivity contribution in [3.05, 3.63) is 82.8 Å². The lowest BCUT2D eigenvalue weighted by atomic mass is 9.67. The molecule has 0 aliphatic carbocycles. The smallest absolute Gasteiger partial charge is 0.337 e. The van der Waals surface area contributed by atoms with Gasteiger partial charge in [-0.3, -0.25) is 0 Å². The molecule has 2 unspecified atom stereocenters. The molecule has 0 aromatic heterocycles. The molecule has 1 aliphatic heterocycles. The summed E-state index contributed by atoms with van der Waals surface area (Å²) in [6.07, 6.45) is -1.63. The maximum absolute atomic E-state index is 11.2. The molecule has 1 heterocycles. The second-order valence-corrected chi connectivity index (χ2v) is 6.01. The summed E-state index contributed by atoms with van der Waals surface area (Å²) in [5.74, 6) is -0.979. The summed E-state index contributed by atoms with van der Waals surface area (Å²) in [7, 11) is 1.76. The Bertz CT molecular complexity index is 962. The molecular weight excluding hydrogens is 347 g/mol. The normalized spacial score (nSPS) is 15.3. The molecule has 2 aromatic carbocycles. The van der Waals surface area contributed by atoms with Crippen LogP contribution in [0.2, 0.25) is 0 Å². The molecule has 7 heteroatoms. The first kappa shape index (κ1) is 18.6. The van der Waals surface area contributed by atoms with Gasteiger partial charge in [0, 0.05) is 0 Å². The number of allylic oxidation sites excluding steroid dienone is 2. The minimum Gasteiger partial charge on any atom is -0.479 e. The van der Waals surface area contributed by atoms with E-state index >= 15 is 0 Å². The van der Waals surface area contributed by atoms with Crippen LogP contribution in [0.25, 0.3) is 11.0 Å². The monoisotopic (exact) mass is 363 g/mol. The Labute approximate surface area is 156 Å². The van der Waals surface area contributed by atoms with Crippen LogP contribution in [-0.2, 0) is 9.59 Å². The van der Waals surface area contributed by atoms with Crippen LogP contribution < -0.4 is 0 Å². The third-order valence-electron chi connectivity index (χ3n) is 4.37. The highest BCUT2D eigenvalue weighted by Gasteiger charge is 2.26. The topological polar surface area (TPSA) is 115 Å². The molecule has 6 nitrogen and oxygen atoms in total. The number of benzene rings is 2. The summed E-state index contributed by atoms with van der Waals surface area (Å²) in [5, 5.41) is 38.4. The summed E-state index contributed by atoms with van der Waals surface area (Å²) in [5.41, 5.74) is 2.77. The summed E-state index contributed by atoms with van der Waals surface area (Å²) in [6, 6.07) is 13.2. The van der Waals surface area contributed by atoms with Crippen molar-refractivity contribution in [2.45, 2.75) is 12.2 Å². The van der Waals surface area contributed by atoms with E-state index in [2.05, 4.69) is 0 Å². The van der Waals surface area contributed by atoms with Crippen LogP contribution in [0, 0.1) is 0 Å². The van der Waals surface area contributed by atoms with E-state index in [0.717, 1.165) is 0 Å². The third-order valence-corrected chi connectivity index (χ3v) is 4.37. The molecule has 0 bridgehead atoms. The predicted molar refractivity (Wildman–Crippen MR) is 99.8 cm³/mol. The van der Waals surface area contributed by atoms with Gasteiger partial charge in [-0.05, 0) is 27.8 Å². The number of hydrogen-bond acceptors (Lipinski definition) is 4. The van der Waals surface area contributed by atoms with Crippen molar-refractivity contribution in [1.29, 1.82) is 0 Å². The summed E-state index contributed by atoms with van der Waals surface area (Å²) < 4.78 is 0. The first-order chi connectivity index (χ1) is 12.9. The van der Waals surface area contributed by atoms with Gasteiger partial charge in [0.1, 0.15) is 0 Å². The van der Waals surface area contributed by atoms with Crippen molar-refractivity contribution in [3.63, 3.8) is 0 Å². The van der Waals surface area contributed by atoms with Crippen molar-refractivity contribution >= 4 is 30.3 Å². The van der Waals surface area contributed by atoms with Gasteiger partial charge in [-0.15, -0.1) is 5.98 Å². The quantitative estimate of drug-likeness (QED) is 0.584. The summed E-state index contributed by atoms with van der Waals surface area (Å²) >= 11 is 0. The van der Waals surface area contributed by atoms with E-state index in [1.54, 1.807) is 55.7 Å². The van der Waals surface area contributed by atoms with Crippen LogP contribution >= 0.6 is 0 Å². The Hall–Kier alpha value is -3.16. The number of aliphatic carboxylic acids is 2. The highest BCUT2D eigenvalue weighted by atomic mass is 16.4. The Morgan fingerprint density at radius 1 is 0.778 bits per heavy atom. The van der Waals surface area contributed by atoms with E-state index in [9.17, 15) is 30.0 Å². The lowest BCUT2D eigenvalue weighted by Gasteiger charge is -2.18. The molecule has 0 saturated heterocycles. The van der Waals surface area contributed by atoms with Gasteiger partial charge < -0.3 is 20.4 Å². The third kappa shape index (κ3) is 3.55. The number of aliphatic hydroxyl groups excluding tert-OH is 2. The predicted octanol–water partition coefficient (Wildman–Crippen LogP) is 2.02. The molecule has 0 fully saturated rings. The van der Waals surface area contributed by atoms with Gasteiger partial charge in [0.05, 0.1) is 0 Å². The van der Waals surface area contributed by atoms with E-state index in [0.29, 0.717) is 22.2 Å². The fraction of sp³-hybridized carbons (Fsp3) is 0.100. The molecule has 3 rings (SSSR count). The highest BCUT2D eigenvalue weighted by Crippen LogP contribution is 2.37. The van der Waals surface area contributed by atoms with Crippen LogP contribution in [0.4, 0.5) is 0 Å². The first-order valence-corrected chi connectivity index (χ1v) is 8.18. The zero-order valence-corrected chi connectivity index (χ0v) is 14.1. The van der Waals surface area contributed by atoms with Crippen LogP contribution in [-0.4, -0.2) is 39.6 Å². The van der Waals surface area contributed by atoms with Crippen molar-refractivity contribution in [1.82, 2.24) is 0 Å². The maximum atomic E-state index is 11.2. The Morgan fingerprint density at radius 2 is 1.26 bits per heavy atom. The van der Waals surface area contributed by atoms with E-state index in [4.69, 9.17) is 0 Å². The van der Waals surface area contributed by atoms with Crippen molar-refractivity contribution in [2.75, 3.05) is 0 Å². The van der Waals surface area contributed by atoms with Crippen LogP contribution in [0.3, 0.4) is 0 Å². The van der Waals surface area contributed by atoms with Crippen molar-refractivity contribution in [3.8, 4) is 0 Å². The van der Waals surface area contributed by atoms with E-state index in [-0.39, 0.29) is 11.1 Å². The zero-order valence-electron chi connectivity index (χ0n) is 14.1. The van der Waals surface area contributed by atoms with E-state index < -0.39 is 24.1 Å². The number of carbonyl (C=O) groups is 2. The SMILES string of the molecule is O=C(O)C(O)c1ccccc1C1=C(c2ccccc2C(O)C(=O)O)C=C[B]1.